The standard InChI is InChI=1S/C14H21Cl2NO/c1-4-18-14-8-11(15)10(7-12(14)16)13(17)6-5-9(2)3/h7-9,13H,4-6,17H2,1-3H3. The Morgan fingerprint density at radius 1 is 1.17 bits per heavy atom. The first-order valence-electron chi connectivity index (χ1n) is 6.33. The van der Waals surface area contributed by atoms with Gasteiger partial charge in [-0.05, 0) is 37.3 Å². The van der Waals surface area contributed by atoms with Gasteiger partial charge in [0, 0.05) is 17.1 Å². The number of benzene rings is 1. The molecule has 0 spiro atoms. The van der Waals surface area contributed by atoms with Gasteiger partial charge in [-0.1, -0.05) is 37.0 Å². The molecule has 1 aromatic carbocycles. The van der Waals surface area contributed by atoms with Gasteiger partial charge in [-0.3, -0.25) is 0 Å². The normalized spacial score (nSPS) is 12.8. The highest BCUT2D eigenvalue weighted by molar-refractivity contribution is 6.34. The van der Waals surface area contributed by atoms with Crippen LogP contribution in [0.25, 0.3) is 0 Å². The van der Waals surface area contributed by atoms with E-state index in [4.69, 9.17) is 33.7 Å². The third-order valence-corrected chi connectivity index (χ3v) is 3.43. The Labute approximate surface area is 119 Å². The number of ether oxygens (including phenoxy) is 1. The van der Waals surface area contributed by atoms with Crippen molar-refractivity contribution < 1.29 is 4.74 Å². The molecule has 0 amide bonds. The highest BCUT2D eigenvalue weighted by Gasteiger charge is 2.14. The topological polar surface area (TPSA) is 35.2 Å². The van der Waals surface area contributed by atoms with Gasteiger partial charge in [0.15, 0.2) is 0 Å². The molecule has 0 saturated heterocycles. The summed E-state index contributed by atoms with van der Waals surface area (Å²) in [6, 6.07) is 3.49. The fraction of sp³-hybridized carbons (Fsp3) is 0.571. The van der Waals surface area contributed by atoms with Crippen molar-refractivity contribution in [2.75, 3.05) is 6.61 Å². The van der Waals surface area contributed by atoms with Gasteiger partial charge >= 0.3 is 0 Å². The van der Waals surface area contributed by atoms with Crippen molar-refractivity contribution in [3.8, 4) is 5.75 Å². The van der Waals surface area contributed by atoms with Gasteiger partial charge in [-0.15, -0.1) is 0 Å². The van der Waals surface area contributed by atoms with Crippen molar-refractivity contribution in [3.63, 3.8) is 0 Å². The first kappa shape index (κ1) is 15.6. The molecule has 1 aromatic rings. The van der Waals surface area contributed by atoms with Crippen molar-refractivity contribution in [1.82, 2.24) is 0 Å². The fourth-order valence-electron chi connectivity index (χ4n) is 1.76. The monoisotopic (exact) mass is 289 g/mol. The van der Waals surface area contributed by atoms with Crippen molar-refractivity contribution in [3.05, 3.63) is 27.7 Å². The highest BCUT2D eigenvalue weighted by atomic mass is 35.5. The van der Waals surface area contributed by atoms with Crippen LogP contribution in [0.3, 0.4) is 0 Å². The zero-order valence-corrected chi connectivity index (χ0v) is 12.7. The molecule has 0 aliphatic heterocycles. The molecular formula is C14H21Cl2NO. The Bertz CT molecular complexity index is 394. The summed E-state index contributed by atoms with van der Waals surface area (Å²) >= 11 is 12.4. The average molecular weight is 290 g/mol. The number of rotatable bonds is 6. The summed E-state index contributed by atoms with van der Waals surface area (Å²) in [5, 5.41) is 1.19. The third-order valence-electron chi connectivity index (χ3n) is 2.81. The van der Waals surface area contributed by atoms with E-state index in [9.17, 15) is 0 Å². The van der Waals surface area contributed by atoms with E-state index in [-0.39, 0.29) is 6.04 Å². The van der Waals surface area contributed by atoms with E-state index < -0.39 is 0 Å². The van der Waals surface area contributed by atoms with E-state index in [1.807, 2.05) is 13.0 Å². The lowest BCUT2D eigenvalue weighted by Gasteiger charge is -2.17. The summed E-state index contributed by atoms with van der Waals surface area (Å²) in [5.41, 5.74) is 7.05. The van der Waals surface area contributed by atoms with Gasteiger partial charge < -0.3 is 10.5 Å². The number of nitrogens with two attached hydrogens (primary N) is 1. The van der Waals surface area contributed by atoms with Gasteiger partial charge in [-0.2, -0.15) is 0 Å². The summed E-state index contributed by atoms with van der Waals surface area (Å²) in [6.45, 7) is 6.83. The van der Waals surface area contributed by atoms with Crippen LogP contribution in [-0.2, 0) is 0 Å². The van der Waals surface area contributed by atoms with Crippen molar-refractivity contribution in [1.29, 1.82) is 0 Å². The van der Waals surface area contributed by atoms with E-state index in [1.54, 1.807) is 6.07 Å². The molecule has 0 aliphatic rings. The molecule has 1 atom stereocenters. The molecule has 18 heavy (non-hydrogen) atoms. The van der Waals surface area contributed by atoms with E-state index in [0.717, 1.165) is 18.4 Å². The predicted octanol–water partition coefficient (Wildman–Crippen LogP) is 4.83. The maximum absolute atomic E-state index is 6.23. The summed E-state index contributed by atoms with van der Waals surface area (Å²) in [7, 11) is 0. The van der Waals surface area contributed by atoms with Crippen LogP contribution in [0.1, 0.15) is 45.2 Å². The maximum Gasteiger partial charge on any atom is 0.139 e. The summed E-state index contributed by atoms with van der Waals surface area (Å²) < 4.78 is 5.39. The lowest BCUT2D eigenvalue weighted by molar-refractivity contribution is 0.340. The van der Waals surface area contributed by atoms with Gasteiger partial charge in [0.25, 0.3) is 0 Å². The minimum absolute atomic E-state index is 0.0759. The fourth-order valence-corrected chi connectivity index (χ4v) is 2.28. The summed E-state index contributed by atoms with van der Waals surface area (Å²) in [6.07, 6.45) is 1.98. The zero-order chi connectivity index (χ0) is 13.7. The second-order valence-corrected chi connectivity index (χ2v) is 5.63. The molecule has 0 heterocycles. The molecule has 0 aliphatic carbocycles. The van der Waals surface area contributed by atoms with E-state index in [2.05, 4.69) is 13.8 Å². The Kier molecular flexibility index (Phi) is 6.27. The van der Waals surface area contributed by atoms with Crippen LogP contribution < -0.4 is 10.5 Å². The average Bonchev–Trinajstić information content (AvgIpc) is 2.30. The largest absolute Gasteiger partial charge is 0.492 e. The molecule has 0 radical (unpaired) electrons. The van der Waals surface area contributed by atoms with Gasteiger partial charge in [0.2, 0.25) is 0 Å². The van der Waals surface area contributed by atoms with Crippen molar-refractivity contribution in [2.24, 2.45) is 11.7 Å². The van der Waals surface area contributed by atoms with Crippen LogP contribution in [0, 0.1) is 5.92 Å². The molecule has 1 rings (SSSR count). The molecule has 0 aromatic heterocycles. The van der Waals surface area contributed by atoms with Crippen LogP contribution in [0.4, 0.5) is 0 Å². The number of hydrogen-bond donors (Lipinski definition) is 1. The van der Waals surface area contributed by atoms with Crippen LogP contribution in [-0.4, -0.2) is 6.61 Å². The highest BCUT2D eigenvalue weighted by Crippen LogP contribution is 2.35. The minimum atomic E-state index is -0.0759. The Hall–Kier alpha value is -0.440. The quantitative estimate of drug-likeness (QED) is 0.814. The molecular weight excluding hydrogens is 269 g/mol. The SMILES string of the molecule is CCOc1cc(Cl)c(C(N)CCC(C)C)cc1Cl. The van der Waals surface area contributed by atoms with Crippen molar-refractivity contribution >= 4 is 23.2 Å². The lowest BCUT2D eigenvalue weighted by Crippen LogP contribution is -2.12. The molecule has 1 unspecified atom stereocenters. The molecule has 0 saturated carbocycles. The molecule has 0 bridgehead atoms. The molecule has 2 nitrogen and oxygen atoms in total. The van der Waals surface area contributed by atoms with E-state index in [0.29, 0.717) is 28.3 Å². The first-order chi connectivity index (χ1) is 8.45. The lowest BCUT2D eigenvalue weighted by atomic mass is 9.98. The predicted molar refractivity (Wildman–Crippen MR) is 78.6 cm³/mol. The molecule has 2 N–H and O–H groups in total. The summed E-state index contributed by atoms with van der Waals surface area (Å²) in [5.74, 6) is 1.25. The van der Waals surface area contributed by atoms with Crippen LogP contribution in [0.2, 0.25) is 10.0 Å². The Balaban J connectivity index is 2.86. The van der Waals surface area contributed by atoms with Gasteiger partial charge in [-0.25, -0.2) is 0 Å². The van der Waals surface area contributed by atoms with E-state index in [1.165, 1.54) is 0 Å². The van der Waals surface area contributed by atoms with Gasteiger partial charge in [0.1, 0.15) is 5.75 Å². The second-order valence-electron chi connectivity index (χ2n) is 4.81. The van der Waals surface area contributed by atoms with E-state index >= 15 is 0 Å². The number of halogens is 2. The molecule has 4 heteroatoms. The maximum atomic E-state index is 6.23. The van der Waals surface area contributed by atoms with Crippen molar-refractivity contribution in [2.45, 2.75) is 39.7 Å². The molecule has 102 valence electrons. The van der Waals surface area contributed by atoms with Crippen LogP contribution in [0.15, 0.2) is 12.1 Å². The van der Waals surface area contributed by atoms with Crippen LogP contribution >= 0.6 is 23.2 Å². The Morgan fingerprint density at radius 3 is 2.39 bits per heavy atom. The molecule has 0 fully saturated rings. The van der Waals surface area contributed by atoms with Crippen LogP contribution in [0.5, 0.6) is 5.75 Å². The summed E-state index contributed by atoms with van der Waals surface area (Å²) in [4.78, 5) is 0. The smallest absolute Gasteiger partial charge is 0.139 e. The zero-order valence-electron chi connectivity index (χ0n) is 11.2. The number of hydrogen-bond acceptors (Lipinski definition) is 2. The second kappa shape index (κ2) is 7.22. The third kappa shape index (κ3) is 4.34. The first-order valence-corrected chi connectivity index (χ1v) is 7.08. The Morgan fingerprint density at radius 2 is 1.83 bits per heavy atom. The minimum Gasteiger partial charge on any atom is -0.492 e. The van der Waals surface area contributed by atoms with Gasteiger partial charge in [0.05, 0.1) is 11.6 Å².